The highest BCUT2D eigenvalue weighted by Crippen LogP contribution is 2.43. The molecule has 4 N–H and O–H groups in total. The van der Waals surface area contributed by atoms with E-state index in [9.17, 15) is 40.6 Å². The number of hydrogen-bond donors (Lipinski definition) is 4. The Bertz CT molecular complexity index is 1920. The topological polar surface area (TPSA) is 259 Å². The standard InChI is InChI=1S/C16H24B10N4O3.C10H14N4O3.C6H8ClN3O3/c1-2-3-8-28(12-15(31)13-29-10-7-27-16(29)30(32)33)9-5-4-6-14-11-22(14)26(24(19)20)25(21)23(17)18;1-2-3-4-11-7-9(15)8-13-6-5-12-10(13)14(16)17;7-3-5(11)4-9-2-1-8-6(9)10(12)13/h1,7,10,14-15,31H,3-6,8-9,11-13H2;1,5-6,9,11,15H,3-4,7-8H2;1-2,5,11H,3-4H2. The number of nitrogens with one attached hydrogen (secondary N) is 1. The molecule has 4 heterocycles. The van der Waals surface area contributed by atoms with E-state index in [1.165, 1.54) is 50.9 Å². The Labute approximate surface area is 381 Å². The van der Waals surface area contributed by atoms with Crippen molar-refractivity contribution in [2.45, 2.75) is 82.2 Å². The number of aromatic nitrogens is 6. The second-order valence-electron chi connectivity index (χ2n) is 14.9. The van der Waals surface area contributed by atoms with Crippen LogP contribution >= 0.6 is 11.6 Å². The van der Waals surface area contributed by atoms with Gasteiger partial charge in [0.1, 0.15) is 37.2 Å². The summed E-state index contributed by atoms with van der Waals surface area (Å²) in [6, 6.07) is 0. The van der Waals surface area contributed by atoms with Crippen LogP contribution < -0.4 is 5.32 Å². The SMILES string of the molecule is C#CCCNCC(O)Cn1ccnc1[N+](=O)[O-].O=[N+]([O-])c1nccn1CC(O)CCl.[B]B([B])B([B])B(B([B])[B])B1CC1CCCCN(CCC#C)CC(O)Cn1ccnc1[N+](=O)[O-]. The van der Waals surface area contributed by atoms with Crippen molar-refractivity contribution < 1.29 is 30.1 Å². The number of aliphatic hydroxyl groups is 3. The Hall–Kier alpha value is -4.31. The van der Waals surface area contributed by atoms with Gasteiger partial charge in [-0.15, -0.1) is 36.3 Å². The Morgan fingerprint density at radius 1 is 0.810 bits per heavy atom. The van der Waals surface area contributed by atoms with Crippen molar-refractivity contribution in [3.63, 3.8) is 0 Å². The van der Waals surface area contributed by atoms with E-state index in [4.69, 9.17) is 68.2 Å². The molecule has 10 radical (unpaired) electrons. The van der Waals surface area contributed by atoms with Crippen molar-refractivity contribution >= 4 is 100 Å². The molecule has 0 spiro atoms. The lowest BCUT2D eigenvalue weighted by Crippen LogP contribution is -2.63. The third kappa shape index (κ3) is 20.0. The summed E-state index contributed by atoms with van der Waals surface area (Å²) in [5.41, 5.74) is 0. The maximum absolute atomic E-state index is 11.0. The van der Waals surface area contributed by atoms with Gasteiger partial charge in [-0.3, -0.25) is 4.90 Å². The summed E-state index contributed by atoms with van der Waals surface area (Å²) in [6.07, 6.45) is 20.0. The number of aliphatic hydroxyl groups excluding tert-OH is 3. The molecule has 4 unspecified atom stereocenters. The largest absolute Gasteiger partial charge is 0.434 e. The van der Waals surface area contributed by atoms with E-state index in [2.05, 4.69) is 37.0 Å². The number of terminal acetylenes is 2. The van der Waals surface area contributed by atoms with Crippen molar-refractivity contribution in [1.82, 2.24) is 38.9 Å². The highest BCUT2D eigenvalue weighted by Gasteiger charge is 2.49. The van der Waals surface area contributed by atoms with Gasteiger partial charge in [-0.1, -0.05) is 39.9 Å². The third-order valence-electron chi connectivity index (χ3n) is 9.94. The molecule has 320 valence electrons. The molecule has 1 saturated heterocycles. The number of hydrogen-bond acceptors (Lipinski definition) is 14. The number of imidazole rings is 3. The van der Waals surface area contributed by atoms with E-state index < -0.39 is 52.2 Å². The molecule has 0 aromatic carbocycles. The molecule has 0 amide bonds. The first-order valence-corrected chi connectivity index (χ1v) is 20.6. The fourth-order valence-electron chi connectivity index (χ4n) is 6.84. The maximum atomic E-state index is 11.0. The predicted molar refractivity (Wildman–Crippen MR) is 252 cm³/mol. The van der Waals surface area contributed by atoms with Gasteiger partial charge in [0, 0.05) is 103 Å². The van der Waals surface area contributed by atoms with Crippen LogP contribution in [-0.4, -0.2) is 191 Å². The predicted octanol–water partition coefficient (Wildman–Crippen LogP) is -1.70. The Kier molecular flexibility index (Phi) is 25.4. The lowest BCUT2D eigenvalue weighted by molar-refractivity contribution is -0.397. The van der Waals surface area contributed by atoms with Gasteiger partial charge in [-0.25, -0.2) is 13.7 Å². The number of nitro groups is 3. The van der Waals surface area contributed by atoms with Crippen LogP contribution in [0.5, 0.6) is 0 Å². The molecule has 63 heavy (non-hydrogen) atoms. The first-order chi connectivity index (χ1) is 29.9. The average molecular weight is 872 g/mol. The zero-order chi connectivity index (χ0) is 47.1. The van der Waals surface area contributed by atoms with Crippen LogP contribution in [0.2, 0.25) is 12.1 Å². The van der Waals surface area contributed by atoms with Crippen molar-refractivity contribution in [3.8, 4) is 24.7 Å². The summed E-state index contributed by atoms with van der Waals surface area (Å²) in [6.45, 7) is 3.39. The van der Waals surface area contributed by atoms with Crippen molar-refractivity contribution in [3.05, 3.63) is 67.5 Å². The van der Waals surface area contributed by atoms with Gasteiger partial charge in [0.05, 0.1) is 50.4 Å². The fraction of sp³-hybridized carbons (Fsp3) is 0.594. The van der Waals surface area contributed by atoms with E-state index in [1.807, 2.05) is 0 Å². The van der Waals surface area contributed by atoms with Gasteiger partial charge in [0.15, 0.2) is 0 Å². The van der Waals surface area contributed by atoms with E-state index >= 15 is 0 Å². The molecule has 3 aromatic rings. The van der Waals surface area contributed by atoms with Gasteiger partial charge in [0.2, 0.25) is 0 Å². The molecule has 1 fully saturated rings. The summed E-state index contributed by atoms with van der Waals surface area (Å²) >= 11 is 5.35. The van der Waals surface area contributed by atoms with Gasteiger partial charge in [0.25, 0.3) is 0 Å². The number of halogens is 1. The Balaban J connectivity index is 0.000000376. The zero-order valence-electron chi connectivity index (χ0n) is 34.9. The van der Waals surface area contributed by atoms with Crippen molar-refractivity contribution in [1.29, 1.82) is 0 Å². The molecule has 3 aromatic heterocycles. The molecule has 4 rings (SSSR count). The molecule has 1 aliphatic heterocycles. The van der Waals surface area contributed by atoms with Crippen LogP contribution in [0, 0.1) is 55.0 Å². The molecule has 4 atom stereocenters. The van der Waals surface area contributed by atoms with Crippen molar-refractivity contribution in [2.75, 3.05) is 38.6 Å². The molecule has 0 aliphatic carbocycles. The molecular formula is C32H46B10ClN11O9. The number of alkyl halides is 1. The molecule has 0 saturated carbocycles. The van der Waals surface area contributed by atoms with E-state index in [1.54, 1.807) is 0 Å². The monoisotopic (exact) mass is 873 g/mol. The van der Waals surface area contributed by atoms with E-state index in [0.29, 0.717) is 51.4 Å². The highest BCUT2D eigenvalue weighted by atomic mass is 35.5. The molecule has 31 heteroatoms. The van der Waals surface area contributed by atoms with Gasteiger partial charge < -0.3 is 51.0 Å². The lowest BCUT2D eigenvalue weighted by atomic mass is 8.57. The molecule has 1 aliphatic rings. The number of nitrogens with zero attached hydrogens (tertiary/aromatic N) is 10. The third-order valence-corrected chi connectivity index (χ3v) is 10.3. The molecule has 20 nitrogen and oxygen atoms in total. The molecule has 0 bridgehead atoms. The van der Waals surface area contributed by atoms with Crippen molar-refractivity contribution in [2.24, 2.45) is 0 Å². The smallest absolute Gasteiger partial charge is 0.390 e. The summed E-state index contributed by atoms with van der Waals surface area (Å²) in [5, 5.41) is 64.1. The average Bonchev–Trinajstić information content (AvgIpc) is 3.59. The van der Waals surface area contributed by atoms with Crippen LogP contribution in [0.1, 0.15) is 32.1 Å². The van der Waals surface area contributed by atoms with E-state index in [0.717, 1.165) is 32.1 Å². The Morgan fingerprint density at radius 2 is 1.30 bits per heavy atom. The minimum Gasteiger partial charge on any atom is -0.390 e. The first kappa shape index (κ1) is 54.8. The Morgan fingerprint density at radius 3 is 1.75 bits per heavy atom. The number of unbranched alkanes of at least 4 members (excludes halogenated alkanes) is 1. The second-order valence-corrected chi connectivity index (χ2v) is 15.2. The zero-order valence-corrected chi connectivity index (χ0v) is 35.7. The quantitative estimate of drug-likeness (QED) is 0.0166. The second kappa shape index (κ2) is 29.2. The fourth-order valence-corrected chi connectivity index (χ4v) is 6.94. The minimum absolute atomic E-state index is 0.0370. The molecular weight excluding hydrogens is 826 g/mol. The van der Waals surface area contributed by atoms with Crippen LogP contribution in [0.15, 0.2) is 37.2 Å². The summed E-state index contributed by atoms with van der Waals surface area (Å²) in [4.78, 5) is 43.1. The first-order valence-electron chi connectivity index (χ1n) is 20.1. The van der Waals surface area contributed by atoms with Crippen LogP contribution in [0.3, 0.4) is 0 Å². The maximum Gasteiger partial charge on any atom is 0.434 e. The summed E-state index contributed by atoms with van der Waals surface area (Å²) < 4.78 is 3.88. The minimum atomic E-state index is -0.797. The highest BCUT2D eigenvalue weighted by molar-refractivity contribution is 8.01. The van der Waals surface area contributed by atoms with Gasteiger partial charge in [-0.2, -0.15) is 0 Å². The van der Waals surface area contributed by atoms with Gasteiger partial charge >= 0.3 is 17.8 Å². The van der Waals surface area contributed by atoms with E-state index in [-0.39, 0.29) is 49.7 Å². The lowest BCUT2D eigenvalue weighted by Gasteiger charge is -2.26. The van der Waals surface area contributed by atoms with Crippen LogP contribution in [0.25, 0.3) is 0 Å². The summed E-state index contributed by atoms with van der Waals surface area (Å²) in [7, 11) is 29.5. The van der Waals surface area contributed by atoms with Crippen LogP contribution in [0.4, 0.5) is 17.8 Å². The summed E-state index contributed by atoms with van der Waals surface area (Å²) in [5.74, 6) is 4.80. The van der Waals surface area contributed by atoms with Gasteiger partial charge in [-0.05, 0) is 27.7 Å². The normalized spacial score (nSPS) is 14.1. The van der Waals surface area contributed by atoms with Crippen LogP contribution in [-0.2, 0) is 19.6 Å². The number of rotatable bonds is 27.